The Hall–Kier alpha value is -2.12. The van der Waals surface area contributed by atoms with Crippen molar-refractivity contribution in [1.29, 1.82) is 0 Å². The first kappa shape index (κ1) is 20.6. The predicted octanol–water partition coefficient (Wildman–Crippen LogP) is 1.15. The lowest BCUT2D eigenvalue weighted by molar-refractivity contribution is -0.133. The van der Waals surface area contributed by atoms with Crippen LogP contribution in [0.5, 0.6) is 5.75 Å². The molecule has 3 rings (SSSR count). The van der Waals surface area contributed by atoms with Crippen LogP contribution in [0.25, 0.3) is 0 Å². The van der Waals surface area contributed by atoms with E-state index in [1.807, 2.05) is 36.1 Å². The van der Waals surface area contributed by atoms with Crippen LogP contribution in [0.4, 0.5) is 0 Å². The van der Waals surface area contributed by atoms with Crippen LogP contribution in [-0.2, 0) is 16.1 Å². The van der Waals surface area contributed by atoms with Gasteiger partial charge in [-0.05, 0) is 37.0 Å². The van der Waals surface area contributed by atoms with Crippen molar-refractivity contribution >= 4 is 11.8 Å². The zero-order chi connectivity index (χ0) is 20.1. The Morgan fingerprint density at radius 2 is 2.04 bits per heavy atom. The molecule has 0 aliphatic carbocycles. The third-order valence-electron chi connectivity index (χ3n) is 5.81. The van der Waals surface area contributed by atoms with Crippen LogP contribution in [0.3, 0.4) is 0 Å². The van der Waals surface area contributed by atoms with Crippen molar-refractivity contribution in [1.82, 2.24) is 15.1 Å². The van der Waals surface area contributed by atoms with Crippen LogP contribution in [0.15, 0.2) is 24.3 Å². The maximum Gasteiger partial charge on any atom is 0.237 e. The summed E-state index contributed by atoms with van der Waals surface area (Å²) < 4.78 is 5.22. The molecule has 1 aromatic carbocycles. The molecule has 2 N–H and O–H groups in total. The molecule has 2 aliphatic rings. The molecule has 0 radical (unpaired) electrons. The van der Waals surface area contributed by atoms with Gasteiger partial charge in [-0.25, -0.2) is 0 Å². The minimum absolute atomic E-state index is 0.0496. The molecule has 154 valence electrons. The second-order valence-corrected chi connectivity index (χ2v) is 7.64. The summed E-state index contributed by atoms with van der Waals surface area (Å²) in [6, 6.07) is 7.53. The summed E-state index contributed by atoms with van der Waals surface area (Å²) in [6.07, 6.45) is 2.19. The lowest BCUT2D eigenvalue weighted by Gasteiger charge is -2.38. The lowest BCUT2D eigenvalue weighted by Crippen LogP contribution is -2.52. The molecule has 0 spiro atoms. The van der Waals surface area contributed by atoms with Crippen molar-refractivity contribution in [2.75, 3.05) is 26.7 Å². The topological polar surface area (TPSA) is 82.1 Å². The first-order valence-corrected chi connectivity index (χ1v) is 10.1. The Morgan fingerprint density at radius 3 is 2.71 bits per heavy atom. The van der Waals surface area contributed by atoms with Gasteiger partial charge in [-0.2, -0.15) is 0 Å². The molecule has 1 aromatic rings. The maximum atomic E-state index is 12.8. The number of amides is 2. The number of hydrogen-bond acceptors (Lipinski definition) is 5. The molecule has 0 unspecified atom stereocenters. The van der Waals surface area contributed by atoms with Gasteiger partial charge in [-0.3, -0.25) is 14.5 Å². The fourth-order valence-electron chi connectivity index (χ4n) is 4.26. The number of β-amino-alcohol motifs (C(OH)–C–C–N with tert-alkyl or cyclic N) is 1. The summed E-state index contributed by atoms with van der Waals surface area (Å²) in [6.45, 7) is 4.28. The Bertz CT molecular complexity index is 688. The number of methoxy groups -OCH3 is 1. The Kier molecular flexibility index (Phi) is 6.91. The number of rotatable bonds is 6. The molecule has 7 nitrogen and oxygen atoms in total. The van der Waals surface area contributed by atoms with E-state index in [0.29, 0.717) is 25.9 Å². The number of carbonyl (C=O) groups excluding carboxylic acids is 2. The summed E-state index contributed by atoms with van der Waals surface area (Å²) in [4.78, 5) is 28.8. The highest BCUT2D eigenvalue weighted by molar-refractivity contribution is 5.82. The van der Waals surface area contributed by atoms with E-state index in [1.54, 1.807) is 7.11 Å². The van der Waals surface area contributed by atoms with Gasteiger partial charge < -0.3 is 20.1 Å². The van der Waals surface area contributed by atoms with Gasteiger partial charge in [-0.1, -0.05) is 19.1 Å². The van der Waals surface area contributed by atoms with E-state index in [1.165, 1.54) is 0 Å². The van der Waals surface area contributed by atoms with Crippen LogP contribution in [0.2, 0.25) is 0 Å². The minimum Gasteiger partial charge on any atom is -0.497 e. The number of aliphatic hydroxyl groups excluding tert-OH is 1. The first-order valence-electron chi connectivity index (χ1n) is 10.1. The van der Waals surface area contributed by atoms with E-state index in [2.05, 4.69) is 10.2 Å². The first-order chi connectivity index (χ1) is 13.5. The zero-order valence-electron chi connectivity index (χ0n) is 16.8. The predicted molar refractivity (Wildman–Crippen MR) is 106 cm³/mol. The average molecular weight is 389 g/mol. The molecule has 2 aliphatic heterocycles. The Balaban J connectivity index is 1.57. The molecular formula is C21H31N3O4. The van der Waals surface area contributed by atoms with Crippen molar-refractivity contribution in [2.45, 2.75) is 57.3 Å². The number of hydrogen-bond donors (Lipinski definition) is 2. The second kappa shape index (κ2) is 9.39. The number of ether oxygens (including phenoxy) is 1. The third-order valence-corrected chi connectivity index (χ3v) is 5.81. The number of aliphatic hydroxyl groups is 1. The van der Waals surface area contributed by atoms with E-state index in [4.69, 9.17) is 4.74 Å². The van der Waals surface area contributed by atoms with Crippen LogP contribution in [-0.4, -0.2) is 71.7 Å². The van der Waals surface area contributed by atoms with Gasteiger partial charge in [0.15, 0.2) is 0 Å². The monoisotopic (exact) mass is 389 g/mol. The normalized spacial score (nSPS) is 23.6. The highest BCUT2D eigenvalue weighted by atomic mass is 16.5. The highest BCUT2D eigenvalue weighted by Crippen LogP contribution is 2.27. The largest absolute Gasteiger partial charge is 0.497 e. The molecule has 2 atom stereocenters. The van der Waals surface area contributed by atoms with E-state index in [9.17, 15) is 14.7 Å². The lowest BCUT2D eigenvalue weighted by atomic mass is 10.0. The van der Waals surface area contributed by atoms with Crippen LogP contribution >= 0.6 is 0 Å². The molecule has 7 heteroatoms. The van der Waals surface area contributed by atoms with Gasteiger partial charge in [-0.15, -0.1) is 0 Å². The van der Waals surface area contributed by atoms with Crippen molar-refractivity contribution in [3.63, 3.8) is 0 Å². The van der Waals surface area contributed by atoms with Crippen molar-refractivity contribution < 1.29 is 19.4 Å². The maximum absolute atomic E-state index is 12.8. The summed E-state index contributed by atoms with van der Waals surface area (Å²) >= 11 is 0. The summed E-state index contributed by atoms with van der Waals surface area (Å²) in [5.74, 6) is 0.900. The highest BCUT2D eigenvalue weighted by Gasteiger charge is 2.40. The molecular weight excluding hydrogens is 358 g/mol. The summed E-state index contributed by atoms with van der Waals surface area (Å²) in [5.41, 5.74) is 0.976. The molecule has 2 saturated heterocycles. The van der Waals surface area contributed by atoms with E-state index in [-0.39, 0.29) is 23.9 Å². The standard InChI is InChI=1S/C21H31N3O4/c1-3-20(26)23-9-7-16(8-10-23)24-14-17(25)12-19(24)21(27)22-13-15-5-4-6-18(11-15)28-2/h4-6,11,16-17,19,25H,3,7-10,12-14H2,1-2H3,(H,22,27)/t17-,19+/m1/s1. The molecule has 0 bridgehead atoms. The van der Waals surface area contributed by atoms with Gasteiger partial charge >= 0.3 is 0 Å². The summed E-state index contributed by atoms with van der Waals surface area (Å²) in [5, 5.41) is 13.2. The molecule has 28 heavy (non-hydrogen) atoms. The molecule has 2 amide bonds. The zero-order valence-corrected chi connectivity index (χ0v) is 16.8. The van der Waals surface area contributed by atoms with Gasteiger partial charge in [0.1, 0.15) is 5.75 Å². The number of likely N-dealkylation sites (tertiary alicyclic amines) is 2. The number of carbonyl (C=O) groups is 2. The van der Waals surface area contributed by atoms with Crippen LogP contribution < -0.4 is 10.1 Å². The van der Waals surface area contributed by atoms with Crippen molar-refractivity contribution in [3.05, 3.63) is 29.8 Å². The van der Waals surface area contributed by atoms with Crippen LogP contribution in [0.1, 0.15) is 38.2 Å². The number of benzene rings is 1. The number of piperidine rings is 1. The molecule has 0 saturated carbocycles. The minimum atomic E-state index is -0.483. The average Bonchev–Trinajstić information content (AvgIpc) is 3.13. The van der Waals surface area contributed by atoms with Gasteiger partial charge in [0.05, 0.1) is 19.3 Å². The van der Waals surface area contributed by atoms with E-state index in [0.717, 1.165) is 37.2 Å². The van der Waals surface area contributed by atoms with Crippen molar-refractivity contribution in [2.24, 2.45) is 0 Å². The quantitative estimate of drug-likeness (QED) is 0.763. The summed E-state index contributed by atoms with van der Waals surface area (Å²) in [7, 11) is 1.62. The Morgan fingerprint density at radius 1 is 1.29 bits per heavy atom. The molecule has 2 fully saturated rings. The fourth-order valence-corrected chi connectivity index (χ4v) is 4.26. The SMILES string of the molecule is CCC(=O)N1CCC(N2C[C@H](O)C[C@H]2C(=O)NCc2cccc(OC)c2)CC1. The smallest absolute Gasteiger partial charge is 0.237 e. The van der Waals surface area contributed by atoms with Gasteiger partial charge in [0, 0.05) is 38.6 Å². The molecule has 0 aromatic heterocycles. The van der Waals surface area contributed by atoms with E-state index < -0.39 is 6.10 Å². The molecule has 2 heterocycles. The van der Waals surface area contributed by atoms with E-state index >= 15 is 0 Å². The van der Waals surface area contributed by atoms with Crippen LogP contribution in [0, 0.1) is 0 Å². The van der Waals surface area contributed by atoms with Gasteiger partial charge in [0.2, 0.25) is 11.8 Å². The third kappa shape index (κ3) is 4.83. The number of nitrogens with one attached hydrogen (secondary N) is 1. The van der Waals surface area contributed by atoms with Gasteiger partial charge in [0.25, 0.3) is 0 Å². The Labute approximate surface area is 166 Å². The fraction of sp³-hybridized carbons (Fsp3) is 0.619. The van der Waals surface area contributed by atoms with Crippen molar-refractivity contribution in [3.8, 4) is 5.75 Å². The second-order valence-electron chi connectivity index (χ2n) is 7.64. The number of nitrogens with zero attached hydrogens (tertiary/aromatic N) is 2.